The summed E-state index contributed by atoms with van der Waals surface area (Å²) in [6, 6.07) is 11.5. The van der Waals surface area contributed by atoms with Crippen LogP contribution in [0.1, 0.15) is 24.8 Å². The van der Waals surface area contributed by atoms with Gasteiger partial charge in [-0.1, -0.05) is 35.3 Å². The number of carbonyl (C=O) groups excluding carboxylic acids is 2. The number of halogens is 2. The van der Waals surface area contributed by atoms with Crippen LogP contribution in [0.15, 0.2) is 36.4 Å². The van der Waals surface area contributed by atoms with Crippen molar-refractivity contribution in [2.75, 3.05) is 96.0 Å². The fraction of sp³-hybridized carbons (Fsp3) is 0.548. The number of aryl methyl sites for hydroxylation is 1. The lowest BCUT2D eigenvalue weighted by Crippen LogP contribution is -2.46. The van der Waals surface area contributed by atoms with Gasteiger partial charge in [-0.3, -0.25) is 14.6 Å². The molecule has 0 unspecified atom stereocenters. The van der Waals surface area contributed by atoms with E-state index < -0.39 is 5.97 Å². The molecule has 0 atom stereocenters. The highest BCUT2D eigenvalue weighted by molar-refractivity contribution is 6.43. The van der Waals surface area contributed by atoms with Gasteiger partial charge in [0.15, 0.2) is 6.73 Å². The molecule has 0 aromatic heterocycles. The first-order valence-corrected chi connectivity index (χ1v) is 15.5. The van der Waals surface area contributed by atoms with Crippen LogP contribution in [0.5, 0.6) is 5.75 Å². The SMILES string of the molecule is COCCOCCOCC(=O)OCN1C(=O)CCc2ccc(OCCCCN3CCN(c4cccc(Cl)c4Cl)CC3)cc21. The topological polar surface area (TPSA) is 90.0 Å². The summed E-state index contributed by atoms with van der Waals surface area (Å²) in [7, 11) is 1.60. The van der Waals surface area contributed by atoms with E-state index in [0.717, 1.165) is 56.8 Å². The predicted octanol–water partition coefficient (Wildman–Crippen LogP) is 4.43. The van der Waals surface area contributed by atoms with Crippen molar-refractivity contribution in [3.8, 4) is 5.75 Å². The minimum absolute atomic E-state index is 0.0948. The maximum Gasteiger partial charge on any atom is 0.333 e. The third-order valence-electron chi connectivity index (χ3n) is 7.42. The fourth-order valence-electron chi connectivity index (χ4n) is 5.02. The van der Waals surface area contributed by atoms with E-state index >= 15 is 0 Å². The van der Waals surface area contributed by atoms with Gasteiger partial charge < -0.3 is 28.6 Å². The number of piperazine rings is 1. The maximum absolute atomic E-state index is 12.7. The lowest BCUT2D eigenvalue weighted by atomic mass is 10.0. The van der Waals surface area contributed by atoms with Crippen LogP contribution in [0.2, 0.25) is 10.0 Å². The van der Waals surface area contributed by atoms with Gasteiger partial charge in [0.2, 0.25) is 5.91 Å². The number of benzene rings is 2. The second-order valence-electron chi connectivity index (χ2n) is 10.4. The Balaban J connectivity index is 1.15. The molecule has 2 aromatic rings. The number of esters is 1. The molecular formula is C31H41Cl2N3O7. The molecule has 12 heteroatoms. The molecule has 2 aliphatic heterocycles. The van der Waals surface area contributed by atoms with E-state index in [1.807, 2.05) is 36.4 Å². The van der Waals surface area contributed by atoms with E-state index in [1.54, 1.807) is 7.11 Å². The Hall–Kier alpha value is -2.60. The average molecular weight is 639 g/mol. The van der Waals surface area contributed by atoms with Crippen LogP contribution >= 0.6 is 23.2 Å². The van der Waals surface area contributed by atoms with Crippen LogP contribution in [0, 0.1) is 0 Å². The number of methoxy groups -OCH3 is 1. The molecule has 2 aliphatic rings. The van der Waals surface area contributed by atoms with Crippen molar-refractivity contribution in [2.45, 2.75) is 25.7 Å². The smallest absolute Gasteiger partial charge is 0.333 e. The zero-order valence-electron chi connectivity index (χ0n) is 24.7. The number of hydrogen-bond donors (Lipinski definition) is 0. The quantitative estimate of drug-likeness (QED) is 0.184. The summed E-state index contributed by atoms with van der Waals surface area (Å²) in [5.74, 6) is 0.0510. The van der Waals surface area contributed by atoms with Crippen LogP contribution in [-0.2, 0) is 35.0 Å². The van der Waals surface area contributed by atoms with Crippen molar-refractivity contribution in [3.05, 3.63) is 52.0 Å². The Morgan fingerprint density at radius 2 is 1.67 bits per heavy atom. The molecule has 1 saturated heterocycles. The van der Waals surface area contributed by atoms with Gasteiger partial charge in [-0.15, -0.1) is 0 Å². The molecule has 236 valence electrons. The molecule has 10 nitrogen and oxygen atoms in total. The van der Waals surface area contributed by atoms with E-state index in [0.29, 0.717) is 60.8 Å². The third kappa shape index (κ3) is 10.2. The summed E-state index contributed by atoms with van der Waals surface area (Å²) < 4.78 is 26.8. The van der Waals surface area contributed by atoms with Crippen LogP contribution in [0.4, 0.5) is 11.4 Å². The van der Waals surface area contributed by atoms with Gasteiger partial charge >= 0.3 is 5.97 Å². The van der Waals surface area contributed by atoms with Crippen molar-refractivity contribution in [1.29, 1.82) is 0 Å². The Labute approximate surface area is 263 Å². The second-order valence-corrected chi connectivity index (χ2v) is 11.2. The van der Waals surface area contributed by atoms with E-state index in [1.165, 1.54) is 4.90 Å². The molecule has 0 radical (unpaired) electrons. The molecule has 4 rings (SSSR count). The summed E-state index contributed by atoms with van der Waals surface area (Å²) in [4.78, 5) is 31.0. The number of amides is 1. The Kier molecular flexibility index (Phi) is 13.7. The van der Waals surface area contributed by atoms with Crippen LogP contribution in [0.25, 0.3) is 0 Å². The summed E-state index contributed by atoms with van der Waals surface area (Å²) in [5.41, 5.74) is 2.73. The highest BCUT2D eigenvalue weighted by Gasteiger charge is 2.26. The second kappa shape index (κ2) is 17.6. The van der Waals surface area contributed by atoms with Gasteiger partial charge in [0, 0.05) is 45.8 Å². The van der Waals surface area contributed by atoms with Crippen molar-refractivity contribution in [2.24, 2.45) is 0 Å². The van der Waals surface area contributed by atoms with Gasteiger partial charge in [-0.2, -0.15) is 0 Å². The van der Waals surface area contributed by atoms with Gasteiger partial charge in [-0.05, 0) is 49.6 Å². The largest absolute Gasteiger partial charge is 0.494 e. The molecule has 2 aromatic carbocycles. The van der Waals surface area contributed by atoms with Gasteiger partial charge in [0.25, 0.3) is 0 Å². The molecule has 0 N–H and O–H groups in total. The molecule has 0 spiro atoms. The summed E-state index contributed by atoms with van der Waals surface area (Å²) >= 11 is 12.6. The maximum atomic E-state index is 12.7. The van der Waals surface area contributed by atoms with Crippen molar-refractivity contribution in [1.82, 2.24) is 4.90 Å². The van der Waals surface area contributed by atoms with Gasteiger partial charge in [-0.25, -0.2) is 4.79 Å². The Bertz CT molecular complexity index is 1190. The fourth-order valence-corrected chi connectivity index (χ4v) is 5.44. The van der Waals surface area contributed by atoms with Crippen LogP contribution in [0.3, 0.4) is 0 Å². The molecule has 43 heavy (non-hydrogen) atoms. The molecule has 0 aliphatic carbocycles. The normalized spacial score (nSPS) is 15.5. The van der Waals surface area contributed by atoms with Crippen molar-refractivity contribution >= 4 is 46.5 Å². The monoisotopic (exact) mass is 637 g/mol. The van der Waals surface area contributed by atoms with Crippen LogP contribution < -0.4 is 14.5 Å². The number of nitrogens with zero attached hydrogens (tertiary/aromatic N) is 3. The third-order valence-corrected chi connectivity index (χ3v) is 8.23. The standard InChI is InChI=1S/C31H41Cl2N3O7/c1-39-17-18-40-19-20-41-22-30(38)43-23-36-28-21-25(9-7-24(28)8-10-29(36)37)42-16-3-2-11-34-12-14-35(15-13-34)27-6-4-5-26(32)31(27)33/h4-7,9,21H,2-3,8,10-20,22-23H2,1H3. The first kappa shape index (κ1) is 33.3. The Morgan fingerprint density at radius 1 is 0.884 bits per heavy atom. The lowest BCUT2D eigenvalue weighted by molar-refractivity contribution is -0.149. The highest BCUT2D eigenvalue weighted by atomic mass is 35.5. The molecule has 2 heterocycles. The highest BCUT2D eigenvalue weighted by Crippen LogP contribution is 2.33. The average Bonchev–Trinajstić information content (AvgIpc) is 3.01. The summed E-state index contributed by atoms with van der Waals surface area (Å²) in [6.07, 6.45) is 2.93. The van der Waals surface area contributed by atoms with E-state index in [4.69, 9.17) is 46.9 Å². The summed E-state index contributed by atoms with van der Waals surface area (Å²) in [5, 5.41) is 1.20. The van der Waals surface area contributed by atoms with Crippen molar-refractivity contribution < 1.29 is 33.3 Å². The first-order valence-electron chi connectivity index (χ1n) is 14.7. The zero-order valence-corrected chi connectivity index (χ0v) is 26.2. The zero-order chi connectivity index (χ0) is 30.4. The minimum Gasteiger partial charge on any atom is -0.494 e. The minimum atomic E-state index is -0.543. The predicted molar refractivity (Wildman–Crippen MR) is 167 cm³/mol. The van der Waals surface area contributed by atoms with Crippen LogP contribution in [-0.4, -0.2) is 103 Å². The lowest BCUT2D eigenvalue weighted by Gasteiger charge is -2.36. The molecule has 1 amide bonds. The molecule has 0 bridgehead atoms. The number of unbranched alkanes of at least 4 members (excludes halogenated alkanes) is 1. The number of carbonyl (C=O) groups is 2. The van der Waals surface area contributed by atoms with Gasteiger partial charge in [0.05, 0.1) is 54.5 Å². The molecule has 1 fully saturated rings. The van der Waals surface area contributed by atoms with Gasteiger partial charge in [0.1, 0.15) is 12.4 Å². The van der Waals surface area contributed by atoms with E-state index in [2.05, 4.69) is 9.80 Å². The number of ether oxygens (including phenoxy) is 5. The number of anilines is 2. The first-order chi connectivity index (χ1) is 21.0. The summed E-state index contributed by atoms with van der Waals surface area (Å²) in [6.45, 7) is 6.55. The number of hydrogen-bond acceptors (Lipinski definition) is 9. The number of rotatable bonds is 17. The Morgan fingerprint density at radius 3 is 2.49 bits per heavy atom. The molecule has 0 saturated carbocycles. The van der Waals surface area contributed by atoms with Crippen molar-refractivity contribution in [3.63, 3.8) is 0 Å². The van der Waals surface area contributed by atoms with E-state index in [9.17, 15) is 9.59 Å². The van der Waals surface area contributed by atoms with E-state index in [-0.39, 0.29) is 25.9 Å². The molecular weight excluding hydrogens is 597 g/mol. The number of fused-ring (bicyclic) bond motifs is 1.